The highest BCUT2D eigenvalue weighted by Gasteiger charge is 2.60. The lowest BCUT2D eigenvalue weighted by Gasteiger charge is -2.45. The number of hydrogen-bond acceptors (Lipinski definition) is 8. The Morgan fingerprint density at radius 3 is 2.58 bits per heavy atom. The van der Waals surface area contributed by atoms with Crippen molar-refractivity contribution in [1.82, 2.24) is 9.55 Å². The molecule has 1 saturated carbocycles. The van der Waals surface area contributed by atoms with E-state index in [9.17, 15) is 23.2 Å². The molecule has 8 nitrogen and oxygen atoms in total. The normalized spacial score (nSPS) is 15.6. The van der Waals surface area contributed by atoms with Crippen LogP contribution in [-0.2, 0) is 9.53 Å². The summed E-state index contributed by atoms with van der Waals surface area (Å²) in [5, 5.41) is 0.603. The minimum absolute atomic E-state index is 0.0777. The Bertz CT molecular complexity index is 1590. The van der Waals surface area contributed by atoms with Crippen molar-refractivity contribution < 1.29 is 27.8 Å². The first-order chi connectivity index (χ1) is 18.1. The molecule has 0 amide bonds. The van der Waals surface area contributed by atoms with Crippen molar-refractivity contribution >= 4 is 45.4 Å². The molecular formula is C26H20ClF2N3O5S. The Labute approximate surface area is 223 Å². The summed E-state index contributed by atoms with van der Waals surface area (Å²) in [6.45, 7) is -0.842. The molecule has 2 aromatic carbocycles. The number of nitrogens with two attached hydrogens (primary N) is 1. The Balaban J connectivity index is 1.41. The third-order valence-electron chi connectivity index (χ3n) is 6.11. The van der Waals surface area contributed by atoms with Gasteiger partial charge in [-0.2, -0.15) is 0 Å². The minimum atomic E-state index is -2.99. The van der Waals surface area contributed by atoms with E-state index in [1.54, 1.807) is 18.2 Å². The van der Waals surface area contributed by atoms with E-state index in [4.69, 9.17) is 26.8 Å². The lowest BCUT2D eigenvalue weighted by Crippen LogP contribution is -2.58. The fraction of sp³-hybridized carbons (Fsp3) is 0.231. The van der Waals surface area contributed by atoms with Crippen LogP contribution in [0, 0.1) is 0 Å². The number of esters is 1. The number of nitrogens with zero attached hydrogens (tertiary/aromatic N) is 2. The summed E-state index contributed by atoms with van der Waals surface area (Å²) < 4.78 is 39.7. The highest BCUT2D eigenvalue weighted by atomic mass is 35.5. The number of aldehydes is 1. The van der Waals surface area contributed by atoms with Gasteiger partial charge in [0.05, 0.1) is 36.2 Å². The topological polar surface area (TPSA) is 114 Å². The van der Waals surface area contributed by atoms with Crippen molar-refractivity contribution in [2.24, 2.45) is 5.73 Å². The van der Waals surface area contributed by atoms with Crippen LogP contribution in [0.5, 0.6) is 5.75 Å². The quantitative estimate of drug-likeness (QED) is 0.247. The summed E-state index contributed by atoms with van der Waals surface area (Å²) >= 11 is 7.25. The molecule has 0 radical (unpaired) electrons. The van der Waals surface area contributed by atoms with E-state index in [0.717, 1.165) is 10.4 Å². The van der Waals surface area contributed by atoms with Gasteiger partial charge in [-0.05, 0) is 42.0 Å². The molecule has 2 heterocycles. The molecule has 12 heteroatoms. The van der Waals surface area contributed by atoms with Crippen molar-refractivity contribution in [3.8, 4) is 21.9 Å². The number of hydrogen-bond donors (Lipinski definition) is 1. The second-order valence-corrected chi connectivity index (χ2v) is 10.4. The molecule has 5 rings (SSSR count). The zero-order valence-electron chi connectivity index (χ0n) is 19.7. The SMILES string of the molecule is NCC(=O)OC1(COc2ccc(-n3cnc4cc(-c5ccc(Cl)cc5)sc4c3=O)cc2C=O)CC(F)(F)C1. The Kier molecular flexibility index (Phi) is 6.76. The molecule has 4 aromatic rings. The van der Waals surface area contributed by atoms with Crippen LogP contribution in [0.1, 0.15) is 23.2 Å². The molecule has 2 N–H and O–H groups in total. The van der Waals surface area contributed by atoms with Crippen LogP contribution in [0.3, 0.4) is 0 Å². The van der Waals surface area contributed by atoms with Crippen LogP contribution in [0.25, 0.3) is 26.3 Å². The Morgan fingerprint density at radius 2 is 1.92 bits per heavy atom. The number of alkyl halides is 2. The lowest BCUT2D eigenvalue weighted by molar-refractivity contribution is -0.233. The van der Waals surface area contributed by atoms with Gasteiger partial charge in [-0.3, -0.25) is 19.0 Å². The number of aromatic nitrogens is 2. The average molecular weight is 560 g/mol. The molecule has 1 fully saturated rings. The van der Waals surface area contributed by atoms with E-state index in [1.807, 2.05) is 18.2 Å². The maximum atomic E-state index is 13.6. The van der Waals surface area contributed by atoms with Crippen molar-refractivity contribution in [1.29, 1.82) is 0 Å². The van der Waals surface area contributed by atoms with Crippen molar-refractivity contribution in [2.75, 3.05) is 13.2 Å². The third-order valence-corrected chi connectivity index (χ3v) is 7.53. The first kappa shape index (κ1) is 26.0. The average Bonchev–Trinajstić information content (AvgIpc) is 3.32. The van der Waals surface area contributed by atoms with Crippen LogP contribution in [0.2, 0.25) is 5.02 Å². The molecule has 0 spiro atoms. The highest BCUT2D eigenvalue weighted by Crippen LogP contribution is 2.48. The number of ether oxygens (including phenoxy) is 2. The van der Waals surface area contributed by atoms with Crippen molar-refractivity contribution in [3.05, 3.63) is 75.8 Å². The molecule has 38 heavy (non-hydrogen) atoms. The van der Waals surface area contributed by atoms with Gasteiger partial charge in [0.1, 0.15) is 23.4 Å². The Hall–Kier alpha value is -3.67. The van der Waals surface area contributed by atoms with Gasteiger partial charge in [0.25, 0.3) is 11.5 Å². The number of benzene rings is 2. The molecule has 0 unspecified atom stereocenters. The van der Waals surface area contributed by atoms with Gasteiger partial charge in [-0.15, -0.1) is 11.3 Å². The maximum Gasteiger partial charge on any atom is 0.320 e. The summed E-state index contributed by atoms with van der Waals surface area (Å²) in [4.78, 5) is 42.0. The second-order valence-electron chi connectivity index (χ2n) is 8.95. The summed E-state index contributed by atoms with van der Waals surface area (Å²) in [5.74, 6) is -3.73. The molecule has 1 aliphatic carbocycles. The molecule has 2 aromatic heterocycles. The number of halogens is 3. The predicted molar refractivity (Wildman–Crippen MR) is 139 cm³/mol. The van der Waals surface area contributed by atoms with E-state index in [-0.39, 0.29) is 23.5 Å². The van der Waals surface area contributed by atoms with Crippen LogP contribution < -0.4 is 16.0 Å². The number of thiophene rings is 1. The number of fused-ring (bicyclic) bond motifs is 1. The van der Waals surface area contributed by atoms with Crippen LogP contribution in [0.4, 0.5) is 8.78 Å². The second kappa shape index (κ2) is 9.90. The smallest absolute Gasteiger partial charge is 0.320 e. The third kappa shape index (κ3) is 5.04. The predicted octanol–water partition coefficient (Wildman–Crippen LogP) is 4.63. The zero-order chi connectivity index (χ0) is 27.1. The van der Waals surface area contributed by atoms with E-state index >= 15 is 0 Å². The Morgan fingerprint density at radius 1 is 1.18 bits per heavy atom. The van der Waals surface area contributed by atoms with Crippen LogP contribution in [0.15, 0.2) is 59.7 Å². The fourth-order valence-electron chi connectivity index (χ4n) is 4.35. The molecule has 196 valence electrons. The summed E-state index contributed by atoms with van der Waals surface area (Å²) in [6.07, 6.45) is 0.471. The summed E-state index contributed by atoms with van der Waals surface area (Å²) in [6, 6.07) is 13.5. The van der Waals surface area contributed by atoms with E-state index in [0.29, 0.717) is 27.2 Å². The molecular weight excluding hydrogens is 540 g/mol. The van der Waals surface area contributed by atoms with Gasteiger partial charge in [-0.25, -0.2) is 13.8 Å². The van der Waals surface area contributed by atoms with Gasteiger partial charge in [0.2, 0.25) is 0 Å². The van der Waals surface area contributed by atoms with E-state index in [1.165, 1.54) is 34.4 Å². The monoisotopic (exact) mass is 559 g/mol. The minimum Gasteiger partial charge on any atom is -0.489 e. The number of carbonyl (C=O) groups excluding carboxylic acids is 2. The van der Waals surface area contributed by atoms with Gasteiger partial charge < -0.3 is 15.2 Å². The van der Waals surface area contributed by atoms with Gasteiger partial charge in [0.15, 0.2) is 11.9 Å². The molecule has 0 atom stereocenters. The molecule has 0 bridgehead atoms. The first-order valence-electron chi connectivity index (χ1n) is 11.4. The largest absolute Gasteiger partial charge is 0.489 e. The van der Waals surface area contributed by atoms with Gasteiger partial charge >= 0.3 is 5.97 Å². The zero-order valence-corrected chi connectivity index (χ0v) is 21.2. The van der Waals surface area contributed by atoms with E-state index in [2.05, 4.69) is 4.98 Å². The fourth-order valence-corrected chi connectivity index (χ4v) is 5.52. The van der Waals surface area contributed by atoms with Gasteiger partial charge in [0, 0.05) is 9.90 Å². The number of carbonyl (C=O) groups is 2. The van der Waals surface area contributed by atoms with Crippen molar-refractivity contribution in [3.63, 3.8) is 0 Å². The maximum absolute atomic E-state index is 13.6. The molecule has 1 aliphatic rings. The first-order valence-corrected chi connectivity index (χ1v) is 12.6. The molecule has 0 saturated heterocycles. The standard InChI is InChI=1S/C26H20ClF2N3O5S/c27-17-3-1-15(2-4-17)21-8-19-23(38-21)24(35)32(14-31-19)18-5-6-20(16(7-18)10-33)36-13-25(37-22(34)9-30)11-26(28,29)12-25/h1-8,10,14H,9,11-13,30H2. The molecule has 0 aliphatic heterocycles. The highest BCUT2D eigenvalue weighted by molar-refractivity contribution is 7.22. The number of rotatable bonds is 8. The van der Waals surface area contributed by atoms with Crippen molar-refractivity contribution in [2.45, 2.75) is 24.4 Å². The summed E-state index contributed by atoms with van der Waals surface area (Å²) in [7, 11) is 0. The van der Waals surface area contributed by atoms with Crippen LogP contribution in [-0.4, -0.2) is 46.5 Å². The summed E-state index contributed by atoms with van der Waals surface area (Å²) in [5.41, 5.74) is 5.26. The van der Waals surface area contributed by atoms with Gasteiger partial charge in [-0.1, -0.05) is 23.7 Å². The van der Waals surface area contributed by atoms with Crippen LogP contribution >= 0.6 is 22.9 Å². The lowest BCUT2D eigenvalue weighted by atomic mass is 9.77. The van der Waals surface area contributed by atoms with E-state index < -0.39 is 36.9 Å².